The zero-order chi connectivity index (χ0) is 31.4. The quantitative estimate of drug-likeness (QED) is 0.219. The van der Waals surface area contributed by atoms with Crippen LogP contribution in [0.1, 0.15) is 53.6 Å². The molecule has 10 heteroatoms. The van der Waals surface area contributed by atoms with Crippen LogP contribution >= 0.6 is 0 Å². The highest BCUT2D eigenvalue weighted by atomic mass is 19.4. The number of amides is 2. The van der Waals surface area contributed by atoms with Gasteiger partial charge in [-0.25, -0.2) is 4.98 Å². The molecule has 2 amide bonds. The van der Waals surface area contributed by atoms with Crippen LogP contribution in [0.2, 0.25) is 0 Å². The Balaban J connectivity index is 1.04. The molecule has 2 aliphatic rings. The van der Waals surface area contributed by atoms with E-state index in [1.807, 2.05) is 83.7 Å². The summed E-state index contributed by atoms with van der Waals surface area (Å²) in [5, 5.41) is 5.34. The van der Waals surface area contributed by atoms with E-state index < -0.39 is 24.0 Å². The number of alkyl halides is 3. The Morgan fingerprint density at radius 1 is 0.867 bits per heavy atom. The SMILES string of the molecule is O=C(NC1CCN(CCCCC2(C(=O)NCC(F)(F)F)c3ccccc3-c3ccccc32)CC1)c1ccc(-n2cccc2)nc1. The molecule has 3 heterocycles. The van der Waals surface area contributed by atoms with E-state index in [0.717, 1.165) is 67.0 Å². The molecule has 0 atom stereocenters. The van der Waals surface area contributed by atoms with Gasteiger partial charge in [-0.05, 0) is 78.7 Å². The number of piperidine rings is 1. The second-order valence-corrected chi connectivity index (χ2v) is 11.8. The van der Waals surface area contributed by atoms with Crippen LogP contribution in [0.5, 0.6) is 0 Å². The summed E-state index contributed by atoms with van der Waals surface area (Å²) in [6.07, 6.45) is 4.43. The second-order valence-electron chi connectivity index (χ2n) is 11.8. The first-order valence-corrected chi connectivity index (χ1v) is 15.4. The zero-order valence-electron chi connectivity index (χ0n) is 24.9. The number of aromatic nitrogens is 2. The molecule has 0 radical (unpaired) electrons. The summed E-state index contributed by atoms with van der Waals surface area (Å²) in [4.78, 5) is 33.2. The maximum atomic E-state index is 13.7. The van der Waals surface area contributed by atoms with Crippen LogP contribution in [0, 0.1) is 0 Å². The third-order valence-corrected chi connectivity index (χ3v) is 8.98. The highest BCUT2D eigenvalue weighted by Crippen LogP contribution is 2.51. The van der Waals surface area contributed by atoms with Crippen molar-refractivity contribution >= 4 is 11.8 Å². The molecule has 1 aliphatic carbocycles. The van der Waals surface area contributed by atoms with E-state index in [2.05, 4.69) is 20.5 Å². The van der Waals surface area contributed by atoms with Crippen molar-refractivity contribution in [2.24, 2.45) is 0 Å². The van der Waals surface area contributed by atoms with Crippen molar-refractivity contribution in [3.63, 3.8) is 0 Å². The average molecular weight is 616 g/mol. The summed E-state index contributed by atoms with van der Waals surface area (Å²) in [5.41, 5.74) is 2.66. The Morgan fingerprint density at radius 3 is 2.11 bits per heavy atom. The van der Waals surface area contributed by atoms with Gasteiger partial charge in [0.15, 0.2) is 0 Å². The number of likely N-dealkylation sites (tertiary alicyclic amines) is 1. The van der Waals surface area contributed by atoms with Crippen LogP contribution in [-0.2, 0) is 10.2 Å². The van der Waals surface area contributed by atoms with Crippen molar-refractivity contribution in [3.8, 4) is 16.9 Å². The molecule has 1 saturated heterocycles. The predicted octanol–water partition coefficient (Wildman–Crippen LogP) is 5.88. The minimum atomic E-state index is -4.50. The minimum absolute atomic E-state index is 0.0740. The van der Waals surface area contributed by atoms with Crippen LogP contribution in [0.3, 0.4) is 0 Å². The maximum Gasteiger partial charge on any atom is 0.405 e. The van der Waals surface area contributed by atoms with E-state index in [0.29, 0.717) is 18.4 Å². The minimum Gasteiger partial charge on any atom is -0.349 e. The number of hydrogen-bond acceptors (Lipinski definition) is 4. The molecule has 45 heavy (non-hydrogen) atoms. The fourth-order valence-corrected chi connectivity index (χ4v) is 6.74. The standard InChI is InChI=1S/C35H36F3N5O2/c36-35(37,38)24-40-33(45)34(29-11-3-1-9-27(29)28-10-2-4-12-30(28)34)17-5-6-18-42-21-15-26(16-22-42)41-32(44)25-13-14-31(39-23-25)43-19-7-8-20-43/h1-4,7-14,19-20,23,26H,5-6,15-18,21-22,24H2,(H,40,45)(H,41,44). The van der Waals surface area contributed by atoms with Gasteiger partial charge in [-0.2, -0.15) is 13.2 Å². The van der Waals surface area contributed by atoms with E-state index in [4.69, 9.17) is 0 Å². The van der Waals surface area contributed by atoms with Gasteiger partial charge in [-0.15, -0.1) is 0 Å². The molecular formula is C35H36F3N5O2. The lowest BCUT2D eigenvalue weighted by atomic mass is 9.73. The molecular weight excluding hydrogens is 579 g/mol. The fourth-order valence-electron chi connectivity index (χ4n) is 6.74. The number of nitrogens with one attached hydrogen (secondary N) is 2. The second kappa shape index (κ2) is 12.9. The lowest BCUT2D eigenvalue weighted by molar-refractivity contribution is -0.141. The van der Waals surface area contributed by atoms with E-state index in [9.17, 15) is 22.8 Å². The first-order valence-electron chi connectivity index (χ1n) is 15.4. The Labute approximate surface area is 260 Å². The zero-order valence-corrected chi connectivity index (χ0v) is 24.9. The number of rotatable bonds is 10. The van der Waals surface area contributed by atoms with E-state index in [1.54, 1.807) is 12.3 Å². The van der Waals surface area contributed by atoms with Gasteiger partial charge in [0, 0.05) is 37.7 Å². The molecule has 2 aromatic heterocycles. The van der Waals surface area contributed by atoms with E-state index in [1.165, 1.54) is 0 Å². The van der Waals surface area contributed by atoms with Crippen LogP contribution < -0.4 is 10.6 Å². The first kappa shape index (κ1) is 30.6. The molecule has 234 valence electrons. The summed E-state index contributed by atoms with van der Waals surface area (Å²) < 4.78 is 41.3. The number of fused-ring (bicyclic) bond motifs is 3. The number of benzene rings is 2. The number of nitrogens with zero attached hydrogens (tertiary/aromatic N) is 3. The fraction of sp³-hybridized carbons (Fsp3) is 0.343. The molecule has 0 bridgehead atoms. The average Bonchev–Trinajstić information content (AvgIpc) is 3.69. The smallest absolute Gasteiger partial charge is 0.349 e. The molecule has 4 aromatic rings. The number of pyridine rings is 1. The summed E-state index contributed by atoms with van der Waals surface area (Å²) in [7, 11) is 0. The summed E-state index contributed by atoms with van der Waals surface area (Å²) in [6.45, 7) is 1.12. The highest BCUT2D eigenvalue weighted by molar-refractivity contribution is 6.00. The molecule has 6 rings (SSSR count). The van der Waals surface area contributed by atoms with Crippen molar-refractivity contribution in [1.82, 2.24) is 25.1 Å². The molecule has 1 aliphatic heterocycles. The van der Waals surface area contributed by atoms with Crippen molar-refractivity contribution in [1.29, 1.82) is 0 Å². The predicted molar refractivity (Wildman–Crippen MR) is 166 cm³/mol. The van der Waals surface area contributed by atoms with Gasteiger partial charge in [0.25, 0.3) is 5.91 Å². The molecule has 2 N–H and O–H groups in total. The molecule has 0 unspecified atom stereocenters. The van der Waals surface area contributed by atoms with Crippen LogP contribution in [0.15, 0.2) is 91.4 Å². The Morgan fingerprint density at radius 2 is 1.51 bits per heavy atom. The Bertz CT molecular complexity index is 1580. The lowest BCUT2D eigenvalue weighted by Crippen LogP contribution is -2.47. The van der Waals surface area contributed by atoms with Gasteiger partial charge < -0.3 is 20.1 Å². The summed E-state index contributed by atoms with van der Waals surface area (Å²) in [6, 6.07) is 22.6. The Kier molecular flexibility index (Phi) is 8.76. The first-order chi connectivity index (χ1) is 21.7. The molecule has 7 nitrogen and oxygen atoms in total. The van der Waals surface area contributed by atoms with Crippen LogP contribution in [-0.4, -0.2) is 64.7 Å². The van der Waals surface area contributed by atoms with E-state index in [-0.39, 0.29) is 11.9 Å². The highest BCUT2D eigenvalue weighted by Gasteiger charge is 2.49. The number of hydrogen-bond donors (Lipinski definition) is 2. The number of carbonyl (C=O) groups excluding carboxylic acids is 2. The van der Waals surface area contributed by atoms with Crippen LogP contribution in [0.4, 0.5) is 13.2 Å². The largest absolute Gasteiger partial charge is 0.405 e. The van der Waals surface area contributed by atoms with Gasteiger partial charge in [0.05, 0.1) is 5.56 Å². The Hall–Kier alpha value is -4.44. The molecule has 1 fully saturated rings. The molecule has 0 saturated carbocycles. The van der Waals surface area contributed by atoms with Crippen molar-refractivity contribution in [2.45, 2.75) is 49.7 Å². The van der Waals surface area contributed by atoms with Gasteiger partial charge in [0.2, 0.25) is 5.91 Å². The normalized spacial score (nSPS) is 16.2. The molecule has 0 spiro atoms. The van der Waals surface area contributed by atoms with Crippen molar-refractivity contribution < 1.29 is 22.8 Å². The topological polar surface area (TPSA) is 79.3 Å². The summed E-state index contributed by atoms with van der Waals surface area (Å²) in [5.74, 6) is 0.00800. The summed E-state index contributed by atoms with van der Waals surface area (Å²) >= 11 is 0. The van der Waals surface area contributed by atoms with Gasteiger partial charge in [0.1, 0.15) is 17.8 Å². The number of halogens is 3. The van der Waals surface area contributed by atoms with E-state index >= 15 is 0 Å². The van der Waals surface area contributed by atoms with Crippen molar-refractivity contribution in [2.75, 3.05) is 26.2 Å². The molecule has 2 aromatic carbocycles. The third kappa shape index (κ3) is 6.51. The maximum absolute atomic E-state index is 13.7. The monoisotopic (exact) mass is 615 g/mol. The third-order valence-electron chi connectivity index (χ3n) is 8.98. The van der Waals surface area contributed by atoms with Crippen molar-refractivity contribution in [3.05, 3.63) is 108 Å². The number of unbranched alkanes of at least 4 members (excludes halogenated alkanes) is 1. The van der Waals surface area contributed by atoms with Gasteiger partial charge in [-0.3, -0.25) is 9.59 Å². The van der Waals surface area contributed by atoms with Gasteiger partial charge >= 0.3 is 6.18 Å². The number of carbonyl (C=O) groups is 2. The van der Waals surface area contributed by atoms with Crippen LogP contribution in [0.25, 0.3) is 16.9 Å². The van der Waals surface area contributed by atoms with Gasteiger partial charge in [-0.1, -0.05) is 55.0 Å². The lowest BCUT2D eigenvalue weighted by Gasteiger charge is -2.33.